The largest absolute Gasteiger partial charge is 0.299 e. The molecule has 4 rings (SSSR count). The van der Waals surface area contributed by atoms with Gasteiger partial charge in [-0.1, -0.05) is 49.2 Å². The molecule has 2 aromatic carbocycles. The van der Waals surface area contributed by atoms with Crippen molar-refractivity contribution in [2.75, 3.05) is 13.1 Å². The van der Waals surface area contributed by atoms with Gasteiger partial charge in [-0.25, -0.2) is 0 Å². The molecule has 138 valence electrons. The lowest BCUT2D eigenvalue weighted by Crippen LogP contribution is -2.51. The molecule has 1 aliphatic heterocycles. The van der Waals surface area contributed by atoms with E-state index in [2.05, 4.69) is 9.99 Å². The molecule has 3 nitrogen and oxygen atoms in total. The SMILES string of the molecule is O=P(N[C@@H]1CCCC[C@H]1N1CCCC1)(c1ccccc1)c1ccccc1. The smallest absolute Gasteiger partial charge is 0.204 e. The normalized spacial score (nSPS) is 24.6. The van der Waals surface area contributed by atoms with Crippen molar-refractivity contribution in [3.05, 3.63) is 60.7 Å². The number of rotatable bonds is 5. The van der Waals surface area contributed by atoms with Crippen molar-refractivity contribution in [3.63, 3.8) is 0 Å². The molecule has 1 heterocycles. The minimum absolute atomic E-state index is 0.299. The van der Waals surface area contributed by atoms with Crippen molar-refractivity contribution < 1.29 is 4.57 Å². The molecule has 1 N–H and O–H groups in total. The molecular weight excluding hydrogens is 339 g/mol. The summed E-state index contributed by atoms with van der Waals surface area (Å²) in [5.41, 5.74) is 0. The molecule has 26 heavy (non-hydrogen) atoms. The quantitative estimate of drug-likeness (QED) is 0.812. The van der Waals surface area contributed by atoms with Crippen LogP contribution < -0.4 is 15.7 Å². The van der Waals surface area contributed by atoms with Crippen LogP contribution >= 0.6 is 7.29 Å². The first-order valence-electron chi connectivity index (χ1n) is 10.0. The summed E-state index contributed by atoms with van der Waals surface area (Å²) < 4.78 is 14.3. The molecule has 0 bridgehead atoms. The minimum atomic E-state index is -2.85. The maximum absolute atomic E-state index is 14.3. The van der Waals surface area contributed by atoms with Gasteiger partial charge in [0.1, 0.15) is 0 Å². The van der Waals surface area contributed by atoms with Crippen molar-refractivity contribution in [1.29, 1.82) is 0 Å². The molecular formula is C22H29N2OP. The maximum atomic E-state index is 14.3. The highest BCUT2D eigenvalue weighted by atomic mass is 31.2. The van der Waals surface area contributed by atoms with E-state index in [-0.39, 0.29) is 0 Å². The van der Waals surface area contributed by atoms with Gasteiger partial charge in [0.2, 0.25) is 7.29 Å². The van der Waals surface area contributed by atoms with Crippen LogP contribution in [0.25, 0.3) is 0 Å². The summed E-state index contributed by atoms with van der Waals surface area (Å²) in [6.07, 6.45) is 7.47. The van der Waals surface area contributed by atoms with Crippen LogP contribution in [0.5, 0.6) is 0 Å². The Morgan fingerprint density at radius 1 is 0.769 bits per heavy atom. The summed E-state index contributed by atoms with van der Waals surface area (Å²) in [6, 6.07) is 20.8. The van der Waals surface area contributed by atoms with Gasteiger partial charge in [-0.2, -0.15) is 0 Å². The fourth-order valence-electron chi connectivity index (χ4n) is 4.58. The molecule has 1 saturated heterocycles. The first-order chi connectivity index (χ1) is 12.8. The highest BCUT2D eigenvalue weighted by Crippen LogP contribution is 2.42. The molecule has 0 spiro atoms. The van der Waals surface area contributed by atoms with E-state index in [9.17, 15) is 4.57 Å². The molecule has 2 fully saturated rings. The predicted molar refractivity (Wildman–Crippen MR) is 110 cm³/mol. The number of hydrogen-bond acceptors (Lipinski definition) is 2. The Bertz CT molecular complexity index is 700. The van der Waals surface area contributed by atoms with Crippen LogP contribution in [0.2, 0.25) is 0 Å². The Labute approximate surface area is 157 Å². The standard InChI is InChI=1S/C22H29N2OP/c25-26(19-11-3-1-4-12-19,20-13-5-2-6-14-20)23-21-15-7-8-16-22(21)24-17-9-10-18-24/h1-6,11-14,21-22H,7-10,15-18H2,(H,23,25)/t21-,22-/m1/s1. The fraction of sp³-hybridized carbons (Fsp3) is 0.455. The van der Waals surface area contributed by atoms with Crippen LogP contribution in [0.3, 0.4) is 0 Å². The first kappa shape index (κ1) is 18.0. The van der Waals surface area contributed by atoms with E-state index in [4.69, 9.17) is 0 Å². The zero-order valence-electron chi connectivity index (χ0n) is 15.4. The Hall–Kier alpha value is -1.41. The van der Waals surface area contributed by atoms with E-state index in [1.807, 2.05) is 60.7 Å². The monoisotopic (exact) mass is 368 g/mol. The van der Waals surface area contributed by atoms with Crippen LogP contribution in [0.4, 0.5) is 0 Å². The van der Waals surface area contributed by atoms with E-state index in [1.54, 1.807) is 0 Å². The summed E-state index contributed by atoms with van der Waals surface area (Å²) in [7, 11) is -2.85. The van der Waals surface area contributed by atoms with Gasteiger partial charge in [0.25, 0.3) is 0 Å². The van der Waals surface area contributed by atoms with Crippen molar-refractivity contribution in [2.45, 2.75) is 50.6 Å². The summed E-state index contributed by atoms with van der Waals surface area (Å²) >= 11 is 0. The van der Waals surface area contributed by atoms with Crippen LogP contribution in [0, 0.1) is 0 Å². The van der Waals surface area contributed by atoms with Gasteiger partial charge < -0.3 is 0 Å². The number of likely N-dealkylation sites (tertiary alicyclic amines) is 1. The Balaban J connectivity index is 1.67. The Morgan fingerprint density at radius 3 is 1.88 bits per heavy atom. The molecule has 2 aliphatic rings. The lowest BCUT2D eigenvalue weighted by atomic mass is 9.90. The maximum Gasteiger partial charge on any atom is 0.204 e. The summed E-state index contributed by atoms with van der Waals surface area (Å²) in [5.74, 6) is 0. The van der Waals surface area contributed by atoms with Crippen LogP contribution in [0.1, 0.15) is 38.5 Å². The van der Waals surface area contributed by atoms with E-state index in [0.717, 1.165) is 17.0 Å². The summed E-state index contributed by atoms with van der Waals surface area (Å²) in [4.78, 5) is 2.64. The fourth-order valence-corrected chi connectivity index (χ4v) is 7.13. The molecule has 0 aromatic heterocycles. The first-order valence-corrected chi connectivity index (χ1v) is 11.7. The molecule has 0 radical (unpaired) electrons. The zero-order valence-corrected chi connectivity index (χ0v) is 16.3. The second-order valence-corrected chi connectivity index (χ2v) is 10.1. The van der Waals surface area contributed by atoms with Crippen molar-refractivity contribution in [1.82, 2.24) is 9.99 Å². The van der Waals surface area contributed by atoms with Crippen molar-refractivity contribution in [2.24, 2.45) is 0 Å². The van der Waals surface area contributed by atoms with E-state index in [0.29, 0.717) is 12.1 Å². The average molecular weight is 368 g/mol. The lowest BCUT2D eigenvalue weighted by molar-refractivity contribution is 0.160. The minimum Gasteiger partial charge on any atom is -0.299 e. The van der Waals surface area contributed by atoms with Gasteiger partial charge in [-0.3, -0.25) is 14.6 Å². The molecule has 2 aromatic rings. The average Bonchev–Trinajstić information content (AvgIpc) is 3.24. The van der Waals surface area contributed by atoms with Crippen molar-refractivity contribution in [3.8, 4) is 0 Å². The molecule has 0 amide bonds. The third kappa shape index (κ3) is 3.67. The zero-order chi connectivity index (χ0) is 17.8. The van der Waals surface area contributed by atoms with Crippen LogP contribution in [-0.4, -0.2) is 30.1 Å². The Kier molecular flexibility index (Phi) is 5.59. The Morgan fingerprint density at radius 2 is 1.31 bits per heavy atom. The number of hydrogen-bond donors (Lipinski definition) is 1. The molecule has 2 atom stereocenters. The number of nitrogens with zero attached hydrogens (tertiary/aromatic N) is 1. The predicted octanol–water partition coefficient (Wildman–Crippen LogP) is 3.91. The van der Waals surface area contributed by atoms with E-state index >= 15 is 0 Å². The highest BCUT2D eigenvalue weighted by molar-refractivity contribution is 7.76. The highest BCUT2D eigenvalue weighted by Gasteiger charge is 2.37. The van der Waals surface area contributed by atoms with Gasteiger partial charge >= 0.3 is 0 Å². The van der Waals surface area contributed by atoms with Gasteiger partial charge in [-0.15, -0.1) is 0 Å². The lowest BCUT2D eigenvalue weighted by Gasteiger charge is -2.40. The molecule has 1 aliphatic carbocycles. The molecule has 1 saturated carbocycles. The third-order valence-corrected chi connectivity index (χ3v) is 8.67. The van der Waals surface area contributed by atoms with Crippen molar-refractivity contribution >= 4 is 17.9 Å². The second-order valence-electron chi connectivity index (χ2n) is 7.61. The topological polar surface area (TPSA) is 32.3 Å². The summed E-state index contributed by atoms with van der Waals surface area (Å²) in [6.45, 7) is 2.40. The number of benzene rings is 2. The molecule has 0 unspecified atom stereocenters. The van der Waals surface area contributed by atoms with Gasteiger partial charge in [0.05, 0.1) is 0 Å². The van der Waals surface area contributed by atoms with E-state index < -0.39 is 7.29 Å². The van der Waals surface area contributed by atoms with Crippen LogP contribution in [0.15, 0.2) is 60.7 Å². The summed E-state index contributed by atoms with van der Waals surface area (Å²) in [5, 5.41) is 5.53. The third-order valence-electron chi connectivity index (χ3n) is 5.93. The van der Waals surface area contributed by atoms with Crippen LogP contribution in [-0.2, 0) is 4.57 Å². The van der Waals surface area contributed by atoms with Gasteiger partial charge in [-0.05, 0) is 63.0 Å². The second kappa shape index (κ2) is 8.08. The molecule has 4 heteroatoms. The van der Waals surface area contributed by atoms with Gasteiger partial charge in [0.15, 0.2) is 0 Å². The number of nitrogens with one attached hydrogen (secondary N) is 1. The van der Waals surface area contributed by atoms with E-state index in [1.165, 1.54) is 45.2 Å². The van der Waals surface area contributed by atoms with Gasteiger partial charge in [0, 0.05) is 22.7 Å².